The Hall–Kier alpha value is -1.67. The summed E-state index contributed by atoms with van der Waals surface area (Å²) in [6.45, 7) is 8.20. The van der Waals surface area contributed by atoms with Crippen LogP contribution in [0.5, 0.6) is 0 Å². The average molecular weight is 352 g/mol. The molecule has 132 valence electrons. The Bertz CT molecular complexity index is 614. The zero-order valence-corrected chi connectivity index (χ0v) is 15.2. The highest BCUT2D eigenvalue weighted by molar-refractivity contribution is 7.15. The first-order valence-corrected chi connectivity index (χ1v) is 9.11. The summed E-state index contributed by atoms with van der Waals surface area (Å²) in [6, 6.07) is 0. The van der Waals surface area contributed by atoms with E-state index in [1.807, 2.05) is 20.8 Å². The first-order chi connectivity index (χ1) is 11.3. The van der Waals surface area contributed by atoms with Crippen LogP contribution in [-0.2, 0) is 22.5 Å². The molecule has 0 saturated carbocycles. The molecule has 1 aromatic rings. The van der Waals surface area contributed by atoms with Gasteiger partial charge in [-0.05, 0) is 27.2 Å². The van der Waals surface area contributed by atoms with Gasteiger partial charge in [-0.15, -0.1) is 11.3 Å². The molecule has 7 nitrogen and oxygen atoms in total. The van der Waals surface area contributed by atoms with E-state index in [1.165, 1.54) is 16.2 Å². The lowest BCUT2D eigenvalue weighted by atomic mass is 10.1. The maximum Gasteiger partial charge on any atom is 0.410 e. The molecule has 1 saturated heterocycles. The second-order valence-electron chi connectivity index (χ2n) is 7.22. The summed E-state index contributed by atoms with van der Waals surface area (Å²) < 4.78 is 5.36. The zero-order valence-electron chi connectivity index (χ0n) is 14.3. The summed E-state index contributed by atoms with van der Waals surface area (Å²) in [4.78, 5) is 31.8. The van der Waals surface area contributed by atoms with Crippen molar-refractivity contribution >= 4 is 28.5 Å². The normalized spacial score (nSPS) is 20.6. The molecule has 0 aliphatic carbocycles. The number of nitrogens with one attached hydrogen (secondary N) is 2. The predicted molar refractivity (Wildman–Crippen MR) is 92.1 cm³/mol. The molecule has 2 N–H and O–H groups in total. The van der Waals surface area contributed by atoms with Gasteiger partial charge in [0.05, 0.1) is 11.6 Å². The largest absolute Gasteiger partial charge is 0.444 e. The van der Waals surface area contributed by atoms with Crippen molar-refractivity contribution in [1.82, 2.24) is 15.2 Å². The number of anilines is 1. The molecule has 3 rings (SSSR count). The van der Waals surface area contributed by atoms with Crippen molar-refractivity contribution in [2.75, 3.05) is 25.0 Å². The zero-order chi connectivity index (χ0) is 17.3. The van der Waals surface area contributed by atoms with Gasteiger partial charge in [-0.3, -0.25) is 4.79 Å². The number of thiazole rings is 1. The van der Waals surface area contributed by atoms with E-state index in [4.69, 9.17) is 4.74 Å². The van der Waals surface area contributed by atoms with Crippen LogP contribution in [0, 0.1) is 5.92 Å². The molecule has 1 atom stereocenters. The third-order valence-corrected chi connectivity index (χ3v) is 5.06. The third-order valence-electron chi connectivity index (χ3n) is 4.04. The molecule has 2 amide bonds. The van der Waals surface area contributed by atoms with E-state index in [1.54, 1.807) is 4.90 Å². The Kier molecular flexibility index (Phi) is 4.78. The number of hydrogen-bond donors (Lipinski definition) is 2. The summed E-state index contributed by atoms with van der Waals surface area (Å²) in [7, 11) is 0. The van der Waals surface area contributed by atoms with Crippen LogP contribution in [0.4, 0.5) is 9.93 Å². The van der Waals surface area contributed by atoms with Crippen LogP contribution < -0.4 is 10.6 Å². The fourth-order valence-electron chi connectivity index (χ4n) is 2.85. The maximum absolute atomic E-state index is 12.4. The first kappa shape index (κ1) is 17.2. The minimum absolute atomic E-state index is 0.0693. The molecule has 0 bridgehead atoms. The van der Waals surface area contributed by atoms with Gasteiger partial charge in [-0.2, -0.15) is 0 Å². The molecule has 0 unspecified atom stereocenters. The molecule has 8 heteroatoms. The highest BCUT2D eigenvalue weighted by Gasteiger charge is 2.33. The molecule has 2 aliphatic heterocycles. The molecule has 1 aromatic heterocycles. The number of likely N-dealkylation sites (tertiary alicyclic amines) is 1. The summed E-state index contributed by atoms with van der Waals surface area (Å²) in [6.07, 6.45) is 1.20. The number of carbonyl (C=O) groups excluding carboxylic acids is 2. The van der Waals surface area contributed by atoms with Crippen molar-refractivity contribution in [2.45, 2.75) is 45.8 Å². The van der Waals surface area contributed by atoms with Gasteiger partial charge in [-0.1, -0.05) is 0 Å². The molecule has 24 heavy (non-hydrogen) atoms. The quantitative estimate of drug-likeness (QED) is 0.850. The van der Waals surface area contributed by atoms with Gasteiger partial charge in [-0.25, -0.2) is 9.78 Å². The predicted octanol–water partition coefficient (Wildman–Crippen LogP) is 1.98. The van der Waals surface area contributed by atoms with Crippen LogP contribution >= 0.6 is 11.3 Å². The summed E-state index contributed by atoms with van der Waals surface area (Å²) in [5.41, 5.74) is 0.557. The molecular weight excluding hydrogens is 328 g/mol. The van der Waals surface area contributed by atoms with Crippen molar-refractivity contribution in [1.29, 1.82) is 0 Å². The van der Waals surface area contributed by atoms with E-state index in [0.717, 1.165) is 25.2 Å². The Labute approximate surface area is 145 Å². The van der Waals surface area contributed by atoms with E-state index in [9.17, 15) is 9.59 Å². The lowest BCUT2D eigenvalue weighted by Crippen LogP contribution is -2.36. The van der Waals surface area contributed by atoms with E-state index in [0.29, 0.717) is 24.6 Å². The van der Waals surface area contributed by atoms with Crippen LogP contribution in [0.1, 0.15) is 37.8 Å². The molecule has 1 fully saturated rings. The van der Waals surface area contributed by atoms with Gasteiger partial charge < -0.3 is 20.3 Å². The van der Waals surface area contributed by atoms with Gasteiger partial charge in [0.2, 0.25) is 5.91 Å². The minimum Gasteiger partial charge on any atom is -0.444 e. The van der Waals surface area contributed by atoms with Crippen LogP contribution in [0.3, 0.4) is 0 Å². The van der Waals surface area contributed by atoms with E-state index in [-0.39, 0.29) is 17.9 Å². The van der Waals surface area contributed by atoms with Gasteiger partial charge in [0.1, 0.15) is 5.60 Å². The number of fused-ring (bicyclic) bond motifs is 1. The molecule has 0 spiro atoms. The van der Waals surface area contributed by atoms with Gasteiger partial charge in [0, 0.05) is 37.5 Å². The summed E-state index contributed by atoms with van der Waals surface area (Å²) >= 11 is 1.53. The number of rotatable bonds is 2. The Morgan fingerprint density at radius 1 is 1.42 bits per heavy atom. The van der Waals surface area contributed by atoms with Crippen molar-refractivity contribution < 1.29 is 14.3 Å². The van der Waals surface area contributed by atoms with Gasteiger partial charge >= 0.3 is 6.09 Å². The Morgan fingerprint density at radius 2 is 2.21 bits per heavy atom. The smallest absolute Gasteiger partial charge is 0.410 e. The Balaban J connectivity index is 1.55. The van der Waals surface area contributed by atoms with Crippen molar-refractivity contribution in [3.05, 3.63) is 10.6 Å². The number of ether oxygens (including phenoxy) is 1. The number of nitrogens with zero attached hydrogens (tertiary/aromatic N) is 2. The van der Waals surface area contributed by atoms with E-state index < -0.39 is 5.60 Å². The average Bonchev–Trinajstić information content (AvgIpc) is 3.11. The second-order valence-corrected chi connectivity index (χ2v) is 8.30. The molecular formula is C16H24N4O3S. The maximum atomic E-state index is 12.4. The van der Waals surface area contributed by atoms with Crippen LogP contribution in [-0.4, -0.2) is 47.1 Å². The second kappa shape index (κ2) is 6.68. The molecule has 3 heterocycles. The lowest BCUT2D eigenvalue weighted by molar-refractivity contribution is -0.119. The van der Waals surface area contributed by atoms with E-state index >= 15 is 0 Å². The van der Waals surface area contributed by atoms with Crippen molar-refractivity contribution in [3.63, 3.8) is 0 Å². The summed E-state index contributed by atoms with van der Waals surface area (Å²) in [5, 5.41) is 6.87. The highest BCUT2D eigenvalue weighted by Crippen LogP contribution is 2.27. The standard InChI is InChI=1S/C16H24N4O3S/c1-16(2,3)23-15(22)20-7-5-10(9-20)13(21)19-14-18-11-4-6-17-8-12(11)24-14/h10,17H,4-9H2,1-3H3,(H,18,19,21)/t10-/m0/s1. The monoisotopic (exact) mass is 352 g/mol. The lowest BCUT2D eigenvalue weighted by Gasteiger charge is -2.24. The first-order valence-electron chi connectivity index (χ1n) is 8.30. The molecule has 0 aromatic carbocycles. The fraction of sp³-hybridized carbons (Fsp3) is 0.688. The number of aromatic nitrogens is 1. The topological polar surface area (TPSA) is 83.6 Å². The minimum atomic E-state index is -0.522. The van der Waals surface area contributed by atoms with Gasteiger partial charge in [0.15, 0.2) is 5.13 Å². The summed E-state index contributed by atoms with van der Waals surface area (Å²) in [5.74, 6) is -0.281. The number of carbonyl (C=O) groups is 2. The van der Waals surface area contributed by atoms with Crippen LogP contribution in [0.25, 0.3) is 0 Å². The van der Waals surface area contributed by atoms with Crippen LogP contribution in [0.15, 0.2) is 0 Å². The molecule has 2 aliphatic rings. The van der Waals surface area contributed by atoms with E-state index in [2.05, 4.69) is 15.6 Å². The highest BCUT2D eigenvalue weighted by atomic mass is 32.1. The molecule has 0 radical (unpaired) electrons. The van der Waals surface area contributed by atoms with Crippen LogP contribution in [0.2, 0.25) is 0 Å². The SMILES string of the molecule is CC(C)(C)OC(=O)N1CC[C@H](C(=O)Nc2nc3c(s2)CNCC3)C1. The number of hydrogen-bond acceptors (Lipinski definition) is 6. The van der Waals surface area contributed by atoms with Crippen molar-refractivity contribution in [2.24, 2.45) is 5.92 Å². The third kappa shape index (κ3) is 4.05. The van der Waals surface area contributed by atoms with Gasteiger partial charge in [0.25, 0.3) is 0 Å². The Morgan fingerprint density at radius 3 is 2.92 bits per heavy atom. The van der Waals surface area contributed by atoms with Crippen molar-refractivity contribution in [3.8, 4) is 0 Å². The fourth-order valence-corrected chi connectivity index (χ4v) is 3.83. The number of amides is 2.